The minimum atomic E-state index is -0.317. The van der Waals surface area contributed by atoms with Crippen LogP contribution in [0, 0.1) is 5.92 Å². The maximum Gasteiger partial charge on any atom is 0.310 e. The van der Waals surface area contributed by atoms with Crippen molar-refractivity contribution in [1.29, 1.82) is 0 Å². The third-order valence-electron chi connectivity index (χ3n) is 4.84. The van der Waals surface area contributed by atoms with E-state index in [-0.39, 0.29) is 23.8 Å². The molecule has 4 heteroatoms. The fourth-order valence-electron chi connectivity index (χ4n) is 3.39. The molecule has 4 nitrogen and oxygen atoms in total. The van der Waals surface area contributed by atoms with Crippen LogP contribution in [0.3, 0.4) is 0 Å². The minimum Gasteiger partial charge on any atom is -0.469 e. The van der Waals surface area contributed by atoms with Gasteiger partial charge in [0.15, 0.2) is 0 Å². The number of hydrogen-bond donors (Lipinski definition) is 0. The quantitative estimate of drug-likeness (QED) is 0.444. The fraction of sp³-hybridized carbons (Fsp3) is 0.524. The van der Waals surface area contributed by atoms with Gasteiger partial charge in [0.25, 0.3) is 0 Å². The van der Waals surface area contributed by atoms with E-state index in [9.17, 15) is 9.59 Å². The molecule has 1 aliphatic carbocycles. The topological polar surface area (TPSA) is 46.6 Å². The number of nitrogens with zero attached hydrogens (tertiary/aromatic N) is 1. The molecule has 1 aromatic carbocycles. The molecule has 0 aromatic heterocycles. The van der Waals surface area contributed by atoms with Gasteiger partial charge in [-0.1, -0.05) is 62.9 Å². The van der Waals surface area contributed by atoms with Gasteiger partial charge in [-0.3, -0.25) is 9.59 Å². The molecule has 0 heterocycles. The van der Waals surface area contributed by atoms with Gasteiger partial charge in [0.1, 0.15) is 0 Å². The average molecular weight is 343 g/mol. The number of ether oxygens (including phenoxy) is 1. The molecule has 136 valence electrons. The summed E-state index contributed by atoms with van der Waals surface area (Å²) < 4.78 is 4.84. The van der Waals surface area contributed by atoms with Gasteiger partial charge in [0.05, 0.1) is 13.0 Å². The third-order valence-corrected chi connectivity index (χ3v) is 4.84. The number of carbonyl (C=O) groups is 2. The van der Waals surface area contributed by atoms with Crippen molar-refractivity contribution in [3.8, 4) is 0 Å². The molecule has 0 radical (unpaired) electrons. The number of benzene rings is 1. The van der Waals surface area contributed by atoms with Crippen molar-refractivity contribution in [3.05, 3.63) is 42.0 Å². The molecule has 1 aliphatic rings. The van der Waals surface area contributed by atoms with Crippen LogP contribution >= 0.6 is 0 Å². The number of carbonyl (C=O) groups excluding carboxylic acids is 2. The Hall–Kier alpha value is -2.10. The standard InChI is InChI=1S/C21H29NO3/c1-17(21(24)25-2)16-22(19-12-8-3-4-9-13-19)20(23)15-14-18-10-6-5-7-11-18/h5-7,10-11,14-15,17,19H,3-4,8-9,12-13,16H2,1-2H3/b15-14+. The monoisotopic (exact) mass is 343 g/mol. The van der Waals surface area contributed by atoms with E-state index in [1.54, 1.807) is 6.08 Å². The Labute approximate surface area is 150 Å². The Balaban J connectivity index is 2.12. The van der Waals surface area contributed by atoms with Crippen molar-refractivity contribution < 1.29 is 14.3 Å². The summed E-state index contributed by atoms with van der Waals surface area (Å²) in [4.78, 5) is 26.6. The van der Waals surface area contributed by atoms with Gasteiger partial charge in [-0.15, -0.1) is 0 Å². The van der Waals surface area contributed by atoms with Crippen LogP contribution in [0.25, 0.3) is 6.08 Å². The molecule has 1 saturated carbocycles. The number of rotatable bonds is 6. The fourth-order valence-corrected chi connectivity index (χ4v) is 3.39. The molecule has 1 atom stereocenters. The van der Waals surface area contributed by atoms with E-state index >= 15 is 0 Å². The predicted molar refractivity (Wildman–Crippen MR) is 99.9 cm³/mol. The average Bonchev–Trinajstić information content (AvgIpc) is 2.93. The molecule has 1 amide bonds. The summed E-state index contributed by atoms with van der Waals surface area (Å²) in [5.74, 6) is -0.604. The SMILES string of the molecule is COC(=O)C(C)CN(C(=O)/C=C/c1ccccc1)C1CCCCCC1. The molecule has 25 heavy (non-hydrogen) atoms. The predicted octanol–water partition coefficient (Wildman–Crippen LogP) is 4.06. The molecule has 0 bridgehead atoms. The second kappa shape index (κ2) is 10.0. The zero-order valence-corrected chi connectivity index (χ0v) is 15.3. The van der Waals surface area contributed by atoms with Crippen molar-refractivity contribution in [1.82, 2.24) is 4.90 Å². The Morgan fingerprint density at radius 3 is 2.40 bits per heavy atom. The van der Waals surface area contributed by atoms with Gasteiger partial charge in [-0.2, -0.15) is 0 Å². The van der Waals surface area contributed by atoms with Crippen LogP contribution in [0.4, 0.5) is 0 Å². The molecule has 1 unspecified atom stereocenters. The zero-order chi connectivity index (χ0) is 18.1. The molecule has 0 N–H and O–H groups in total. The molecule has 0 spiro atoms. The summed E-state index contributed by atoms with van der Waals surface area (Å²) in [6.45, 7) is 2.24. The van der Waals surface area contributed by atoms with Crippen molar-refractivity contribution in [2.24, 2.45) is 5.92 Å². The smallest absolute Gasteiger partial charge is 0.310 e. The van der Waals surface area contributed by atoms with Crippen LogP contribution in [0.2, 0.25) is 0 Å². The highest BCUT2D eigenvalue weighted by Crippen LogP contribution is 2.23. The van der Waals surface area contributed by atoms with E-state index < -0.39 is 0 Å². The van der Waals surface area contributed by atoms with Crippen molar-refractivity contribution in [2.75, 3.05) is 13.7 Å². The van der Waals surface area contributed by atoms with E-state index in [4.69, 9.17) is 4.74 Å². The Bertz CT molecular complexity index is 574. The van der Waals surface area contributed by atoms with Crippen LogP contribution in [0.5, 0.6) is 0 Å². The van der Waals surface area contributed by atoms with Crippen LogP contribution in [0.15, 0.2) is 36.4 Å². The summed E-state index contributed by atoms with van der Waals surface area (Å²) in [5, 5.41) is 0. The highest BCUT2D eigenvalue weighted by atomic mass is 16.5. The van der Waals surface area contributed by atoms with E-state index in [2.05, 4.69) is 0 Å². The summed E-state index contributed by atoms with van der Waals surface area (Å²) in [7, 11) is 1.39. The summed E-state index contributed by atoms with van der Waals surface area (Å²) in [6.07, 6.45) is 10.2. The maximum absolute atomic E-state index is 12.9. The molecular weight excluding hydrogens is 314 g/mol. The first-order valence-corrected chi connectivity index (χ1v) is 9.23. The van der Waals surface area contributed by atoms with Crippen LogP contribution < -0.4 is 0 Å². The Kier molecular flexibility index (Phi) is 7.71. The highest BCUT2D eigenvalue weighted by molar-refractivity contribution is 5.92. The van der Waals surface area contributed by atoms with Crippen LogP contribution in [0.1, 0.15) is 51.0 Å². The molecule has 0 saturated heterocycles. The van der Waals surface area contributed by atoms with Gasteiger partial charge in [-0.05, 0) is 24.5 Å². The normalized spacial score (nSPS) is 17.0. The van der Waals surface area contributed by atoms with Crippen LogP contribution in [-0.4, -0.2) is 36.5 Å². The maximum atomic E-state index is 12.9. The lowest BCUT2D eigenvalue weighted by Gasteiger charge is -2.32. The summed E-state index contributed by atoms with van der Waals surface area (Å²) in [5.41, 5.74) is 0.998. The van der Waals surface area contributed by atoms with Gasteiger partial charge in [0, 0.05) is 18.7 Å². The Morgan fingerprint density at radius 2 is 1.80 bits per heavy atom. The van der Waals surface area contributed by atoms with Gasteiger partial charge in [0.2, 0.25) is 5.91 Å². The summed E-state index contributed by atoms with van der Waals surface area (Å²) >= 11 is 0. The molecule has 1 fully saturated rings. The number of methoxy groups -OCH3 is 1. The first-order chi connectivity index (χ1) is 12.1. The number of hydrogen-bond acceptors (Lipinski definition) is 3. The van der Waals surface area contributed by atoms with E-state index in [1.165, 1.54) is 20.0 Å². The largest absolute Gasteiger partial charge is 0.469 e. The lowest BCUT2D eigenvalue weighted by atomic mass is 10.0. The third kappa shape index (κ3) is 6.04. The molecule has 2 rings (SSSR count). The second-order valence-corrected chi connectivity index (χ2v) is 6.80. The van der Waals surface area contributed by atoms with E-state index in [0.717, 1.165) is 31.2 Å². The minimum absolute atomic E-state index is 0.0218. The van der Waals surface area contributed by atoms with Gasteiger partial charge in [-0.25, -0.2) is 0 Å². The van der Waals surface area contributed by atoms with Crippen molar-refractivity contribution in [2.45, 2.75) is 51.5 Å². The summed E-state index contributed by atoms with van der Waals surface area (Å²) in [6, 6.07) is 10.0. The first-order valence-electron chi connectivity index (χ1n) is 9.23. The zero-order valence-electron chi connectivity index (χ0n) is 15.3. The Morgan fingerprint density at radius 1 is 1.16 bits per heavy atom. The molecule has 0 aliphatic heterocycles. The van der Waals surface area contributed by atoms with Gasteiger partial charge >= 0.3 is 5.97 Å². The van der Waals surface area contributed by atoms with Crippen molar-refractivity contribution >= 4 is 18.0 Å². The second-order valence-electron chi connectivity index (χ2n) is 6.80. The lowest BCUT2D eigenvalue weighted by Crippen LogP contribution is -2.43. The van der Waals surface area contributed by atoms with Crippen molar-refractivity contribution in [3.63, 3.8) is 0 Å². The van der Waals surface area contributed by atoms with E-state index in [0.29, 0.717) is 6.54 Å². The van der Waals surface area contributed by atoms with E-state index in [1.807, 2.05) is 48.2 Å². The number of amides is 1. The van der Waals surface area contributed by atoms with Crippen LogP contribution in [-0.2, 0) is 14.3 Å². The highest BCUT2D eigenvalue weighted by Gasteiger charge is 2.27. The molecular formula is C21H29NO3. The first kappa shape index (κ1) is 19.2. The van der Waals surface area contributed by atoms with Gasteiger partial charge < -0.3 is 9.64 Å². The molecule has 1 aromatic rings. The lowest BCUT2D eigenvalue weighted by molar-refractivity contribution is -0.146. The number of esters is 1.